The van der Waals surface area contributed by atoms with Crippen molar-refractivity contribution in [2.24, 2.45) is 5.16 Å². The van der Waals surface area contributed by atoms with Gasteiger partial charge in [-0.1, -0.05) is 21.8 Å². The Morgan fingerprint density at radius 1 is 1.50 bits per heavy atom. The predicted molar refractivity (Wildman–Crippen MR) is 68.3 cm³/mol. The third-order valence-electron chi connectivity index (χ3n) is 2.28. The number of benzene rings is 1. The van der Waals surface area contributed by atoms with E-state index >= 15 is 0 Å². The van der Waals surface area contributed by atoms with Crippen molar-refractivity contribution in [3.05, 3.63) is 40.9 Å². The minimum Gasteiger partial charge on any atom is -0.411 e. The van der Waals surface area contributed by atoms with Crippen molar-refractivity contribution >= 4 is 28.8 Å². The normalized spacial score (nSPS) is 11.3. The lowest BCUT2D eigenvalue weighted by Gasteiger charge is -2.05. The first-order chi connectivity index (χ1) is 8.70. The second-order valence-corrected chi connectivity index (χ2v) is 4.12. The quantitative estimate of drug-likeness (QED) is 0.503. The summed E-state index contributed by atoms with van der Waals surface area (Å²) in [5, 5.41) is 19.7. The van der Waals surface area contributed by atoms with E-state index < -0.39 is 0 Å². The van der Waals surface area contributed by atoms with Crippen molar-refractivity contribution in [3.8, 4) is 0 Å². The van der Waals surface area contributed by atoms with Gasteiger partial charge in [0.15, 0.2) is 5.69 Å². The Kier molecular flexibility index (Phi) is 3.63. The lowest BCUT2D eigenvalue weighted by atomic mass is 10.1. The summed E-state index contributed by atoms with van der Waals surface area (Å²) < 4.78 is 3.62. The molecule has 1 aromatic heterocycles. The Hall–Kier alpha value is -2.28. The Morgan fingerprint density at radius 3 is 3.00 bits per heavy atom. The molecule has 2 rings (SSSR count). The zero-order valence-electron chi connectivity index (χ0n) is 9.49. The molecule has 18 heavy (non-hydrogen) atoms. The van der Waals surface area contributed by atoms with Crippen LogP contribution in [0.5, 0.6) is 0 Å². The number of nitrogens with zero attached hydrogens (tertiary/aromatic N) is 3. The minimum absolute atomic E-state index is 0.276. The fraction of sp³-hybridized carbons (Fsp3) is 0.0909. The topological polar surface area (TPSA) is 87.5 Å². The van der Waals surface area contributed by atoms with Gasteiger partial charge >= 0.3 is 0 Å². The van der Waals surface area contributed by atoms with Gasteiger partial charge in [0.2, 0.25) is 0 Å². The molecule has 0 atom stereocenters. The number of hydrogen-bond acceptors (Lipinski definition) is 6. The van der Waals surface area contributed by atoms with Gasteiger partial charge in [0.1, 0.15) is 0 Å². The van der Waals surface area contributed by atoms with Crippen LogP contribution in [0.3, 0.4) is 0 Å². The number of nitrogens with one attached hydrogen (secondary N) is 1. The first-order valence-electron chi connectivity index (χ1n) is 5.08. The second-order valence-electron chi connectivity index (χ2n) is 3.51. The van der Waals surface area contributed by atoms with E-state index in [2.05, 4.69) is 20.1 Å². The number of aromatic nitrogens is 2. The lowest BCUT2D eigenvalue weighted by Crippen LogP contribution is -2.12. The van der Waals surface area contributed by atoms with E-state index in [-0.39, 0.29) is 11.6 Å². The molecule has 0 spiro atoms. The first kappa shape index (κ1) is 12.2. The Bertz CT molecular complexity index is 580. The molecule has 7 heteroatoms. The standard InChI is InChI=1S/C11H10N4O2S/c1-7(14-17)8-3-2-4-9(5-8)12-11(16)10-6-18-15-13-10/h2-6,17H,1H3,(H,12,16). The molecular weight excluding hydrogens is 252 g/mol. The highest BCUT2D eigenvalue weighted by atomic mass is 32.1. The Labute approximate surface area is 107 Å². The molecule has 0 saturated carbocycles. The summed E-state index contributed by atoms with van der Waals surface area (Å²) in [6, 6.07) is 7.01. The highest BCUT2D eigenvalue weighted by Gasteiger charge is 2.09. The third-order valence-corrected chi connectivity index (χ3v) is 2.79. The van der Waals surface area contributed by atoms with Gasteiger partial charge in [-0.25, -0.2) is 0 Å². The molecule has 1 amide bonds. The summed E-state index contributed by atoms with van der Waals surface area (Å²) in [5.41, 5.74) is 2.08. The highest BCUT2D eigenvalue weighted by Crippen LogP contribution is 2.12. The highest BCUT2D eigenvalue weighted by molar-refractivity contribution is 7.03. The molecule has 0 fully saturated rings. The van der Waals surface area contributed by atoms with Gasteiger partial charge in [-0.15, -0.1) is 5.10 Å². The van der Waals surface area contributed by atoms with Crippen molar-refractivity contribution < 1.29 is 10.0 Å². The van der Waals surface area contributed by atoms with Gasteiger partial charge in [0, 0.05) is 16.6 Å². The van der Waals surface area contributed by atoms with Gasteiger partial charge in [0.25, 0.3) is 5.91 Å². The molecule has 0 bridgehead atoms. The van der Waals surface area contributed by atoms with Crippen LogP contribution in [0.25, 0.3) is 0 Å². The zero-order valence-corrected chi connectivity index (χ0v) is 10.3. The number of carbonyl (C=O) groups is 1. The number of oxime groups is 1. The number of hydrogen-bond donors (Lipinski definition) is 2. The zero-order chi connectivity index (χ0) is 13.0. The fourth-order valence-electron chi connectivity index (χ4n) is 1.34. The molecular formula is C11H10N4O2S. The van der Waals surface area contributed by atoms with E-state index in [0.717, 1.165) is 17.1 Å². The van der Waals surface area contributed by atoms with Crippen LogP contribution in [0.4, 0.5) is 5.69 Å². The number of carbonyl (C=O) groups excluding carboxylic acids is 1. The Balaban J connectivity index is 2.17. The van der Waals surface area contributed by atoms with Gasteiger partial charge < -0.3 is 10.5 Å². The molecule has 0 aliphatic heterocycles. The van der Waals surface area contributed by atoms with E-state index in [4.69, 9.17) is 5.21 Å². The van der Waals surface area contributed by atoms with Crippen molar-refractivity contribution in [2.75, 3.05) is 5.32 Å². The first-order valence-corrected chi connectivity index (χ1v) is 5.92. The van der Waals surface area contributed by atoms with E-state index in [0.29, 0.717) is 11.4 Å². The van der Waals surface area contributed by atoms with Gasteiger partial charge in [-0.3, -0.25) is 4.79 Å². The van der Waals surface area contributed by atoms with Crippen LogP contribution >= 0.6 is 11.5 Å². The van der Waals surface area contributed by atoms with E-state index in [9.17, 15) is 4.79 Å². The largest absolute Gasteiger partial charge is 0.411 e. The smallest absolute Gasteiger partial charge is 0.277 e. The van der Waals surface area contributed by atoms with Crippen LogP contribution in [0.1, 0.15) is 23.0 Å². The average Bonchev–Trinajstić information content (AvgIpc) is 2.92. The van der Waals surface area contributed by atoms with Crippen LogP contribution in [-0.4, -0.2) is 26.4 Å². The molecule has 6 nitrogen and oxygen atoms in total. The van der Waals surface area contributed by atoms with E-state index in [1.54, 1.807) is 36.6 Å². The molecule has 0 aliphatic carbocycles. The maximum absolute atomic E-state index is 11.7. The molecule has 0 saturated heterocycles. The average molecular weight is 262 g/mol. The van der Waals surface area contributed by atoms with Crippen molar-refractivity contribution in [1.82, 2.24) is 9.59 Å². The summed E-state index contributed by atoms with van der Waals surface area (Å²) in [6.07, 6.45) is 0. The van der Waals surface area contributed by atoms with E-state index in [1.165, 1.54) is 0 Å². The number of amides is 1. The molecule has 92 valence electrons. The maximum atomic E-state index is 11.7. The second kappa shape index (κ2) is 5.37. The number of anilines is 1. The predicted octanol–water partition coefficient (Wildman–Crippen LogP) is 1.99. The van der Waals surface area contributed by atoms with Crippen LogP contribution in [0.2, 0.25) is 0 Å². The molecule has 0 radical (unpaired) electrons. The summed E-state index contributed by atoms with van der Waals surface area (Å²) >= 11 is 1.12. The lowest BCUT2D eigenvalue weighted by molar-refractivity contribution is 0.102. The van der Waals surface area contributed by atoms with Gasteiger partial charge in [-0.05, 0) is 30.6 Å². The Morgan fingerprint density at radius 2 is 2.33 bits per heavy atom. The third kappa shape index (κ3) is 2.69. The minimum atomic E-state index is -0.320. The maximum Gasteiger partial charge on any atom is 0.277 e. The number of rotatable bonds is 3. The monoisotopic (exact) mass is 262 g/mol. The van der Waals surface area contributed by atoms with Crippen LogP contribution in [0, 0.1) is 0 Å². The van der Waals surface area contributed by atoms with E-state index in [1.807, 2.05) is 0 Å². The van der Waals surface area contributed by atoms with Gasteiger partial charge in [-0.2, -0.15) is 0 Å². The molecule has 0 unspecified atom stereocenters. The van der Waals surface area contributed by atoms with Crippen molar-refractivity contribution in [3.63, 3.8) is 0 Å². The SMILES string of the molecule is CC(=NO)c1cccc(NC(=O)c2csnn2)c1. The van der Waals surface area contributed by atoms with Crippen LogP contribution in [-0.2, 0) is 0 Å². The summed E-state index contributed by atoms with van der Waals surface area (Å²) in [7, 11) is 0. The van der Waals surface area contributed by atoms with Gasteiger partial charge in [0.05, 0.1) is 5.71 Å². The summed E-state index contributed by atoms with van der Waals surface area (Å²) in [5.74, 6) is -0.320. The van der Waals surface area contributed by atoms with Crippen LogP contribution < -0.4 is 5.32 Å². The molecule has 1 heterocycles. The molecule has 2 N–H and O–H groups in total. The molecule has 1 aromatic carbocycles. The fourth-order valence-corrected chi connectivity index (χ4v) is 1.77. The van der Waals surface area contributed by atoms with Crippen LogP contribution in [0.15, 0.2) is 34.8 Å². The summed E-state index contributed by atoms with van der Waals surface area (Å²) in [4.78, 5) is 11.7. The molecule has 0 aliphatic rings. The van der Waals surface area contributed by atoms with Crippen molar-refractivity contribution in [2.45, 2.75) is 6.92 Å². The van der Waals surface area contributed by atoms with Crippen molar-refractivity contribution in [1.29, 1.82) is 0 Å². The molecule has 2 aromatic rings. The summed E-state index contributed by atoms with van der Waals surface area (Å²) in [6.45, 7) is 1.67.